The van der Waals surface area contributed by atoms with Crippen LogP contribution in [0.1, 0.15) is 6.42 Å². The third-order valence-electron chi connectivity index (χ3n) is 5.48. The number of nitrogens with zero attached hydrogens (tertiary/aromatic N) is 2. The maximum Gasteiger partial charge on any atom is 0.281 e. The number of rotatable bonds is 8. The van der Waals surface area contributed by atoms with Gasteiger partial charge in [-0.25, -0.2) is 8.42 Å². The summed E-state index contributed by atoms with van der Waals surface area (Å²) in [6.07, 6.45) is 3.74. The van der Waals surface area contributed by atoms with Crippen molar-refractivity contribution in [3.05, 3.63) is 36.4 Å². The van der Waals surface area contributed by atoms with Crippen molar-refractivity contribution in [2.75, 3.05) is 40.5 Å². The van der Waals surface area contributed by atoms with E-state index in [1.165, 1.54) is 54.6 Å². The highest BCUT2D eigenvalue weighted by Crippen LogP contribution is 2.44. The van der Waals surface area contributed by atoms with Crippen molar-refractivity contribution < 1.29 is 32.2 Å². The molecule has 2 heterocycles. The second-order valence-corrected chi connectivity index (χ2v) is 9.15. The molecule has 0 saturated carbocycles. The van der Waals surface area contributed by atoms with Gasteiger partial charge in [-0.15, -0.1) is 0 Å². The first-order valence-electron chi connectivity index (χ1n) is 9.56. The highest BCUT2D eigenvalue weighted by molar-refractivity contribution is 7.93. The van der Waals surface area contributed by atoms with E-state index >= 15 is 0 Å². The molecule has 3 rings (SSSR count). The SMILES string of the molecule is COc1ccc(S(=O)(=O)C(OC)(C(N)=O)C2(CC(=O)N3CCOCC3)C=CC=N2)cc1. The number of ether oxygens (including phenoxy) is 3. The molecule has 0 bridgehead atoms. The van der Waals surface area contributed by atoms with Gasteiger partial charge in [0.2, 0.25) is 15.7 Å². The normalized spacial score (nSPS) is 22.8. The van der Waals surface area contributed by atoms with E-state index in [1.807, 2.05) is 0 Å². The summed E-state index contributed by atoms with van der Waals surface area (Å²) in [6, 6.07) is 5.44. The predicted octanol–water partition coefficient (Wildman–Crippen LogP) is -0.0748. The number of morpholine rings is 1. The lowest BCUT2D eigenvalue weighted by molar-refractivity contribution is -0.141. The molecular weight excluding hydrogens is 426 g/mol. The van der Waals surface area contributed by atoms with Crippen LogP contribution in [0.3, 0.4) is 0 Å². The van der Waals surface area contributed by atoms with Crippen LogP contribution >= 0.6 is 0 Å². The molecule has 2 atom stereocenters. The Morgan fingerprint density at radius 2 is 1.87 bits per heavy atom. The van der Waals surface area contributed by atoms with Crippen LogP contribution in [0.2, 0.25) is 0 Å². The first-order valence-corrected chi connectivity index (χ1v) is 11.0. The lowest BCUT2D eigenvalue weighted by Crippen LogP contribution is -2.66. The summed E-state index contributed by atoms with van der Waals surface area (Å²) < 4.78 is 43.2. The van der Waals surface area contributed by atoms with Crippen LogP contribution in [-0.4, -0.2) is 82.3 Å². The summed E-state index contributed by atoms with van der Waals surface area (Å²) in [5.41, 5.74) is 3.79. The third-order valence-corrected chi connectivity index (χ3v) is 7.85. The zero-order chi connectivity index (χ0) is 22.7. The summed E-state index contributed by atoms with van der Waals surface area (Å²) in [4.78, 5) is 28.7. The average Bonchev–Trinajstić information content (AvgIpc) is 3.24. The fourth-order valence-electron chi connectivity index (χ4n) is 3.88. The molecule has 2 amide bonds. The number of hydrogen-bond acceptors (Lipinski definition) is 8. The fourth-order valence-corrected chi connectivity index (χ4v) is 5.85. The van der Waals surface area contributed by atoms with Crippen molar-refractivity contribution in [3.8, 4) is 5.75 Å². The van der Waals surface area contributed by atoms with Crippen molar-refractivity contribution in [1.82, 2.24) is 4.90 Å². The molecule has 0 spiro atoms. The number of nitrogens with two attached hydrogens (primary N) is 1. The van der Waals surface area contributed by atoms with Gasteiger partial charge < -0.3 is 24.8 Å². The average molecular weight is 452 g/mol. The minimum atomic E-state index is -4.57. The van der Waals surface area contributed by atoms with Crippen LogP contribution in [0.5, 0.6) is 5.75 Å². The molecule has 1 aromatic rings. The van der Waals surface area contributed by atoms with Gasteiger partial charge in [-0.1, -0.05) is 6.08 Å². The van der Waals surface area contributed by atoms with Crippen molar-refractivity contribution in [1.29, 1.82) is 0 Å². The number of allylic oxidation sites excluding steroid dienone is 1. The molecule has 2 N–H and O–H groups in total. The number of carbonyl (C=O) groups is 2. The van der Waals surface area contributed by atoms with E-state index in [0.29, 0.717) is 32.1 Å². The van der Waals surface area contributed by atoms with Crippen LogP contribution in [0, 0.1) is 0 Å². The number of benzene rings is 1. The molecule has 31 heavy (non-hydrogen) atoms. The monoisotopic (exact) mass is 451 g/mol. The molecule has 1 aromatic carbocycles. The van der Waals surface area contributed by atoms with Crippen molar-refractivity contribution in [2.45, 2.75) is 21.8 Å². The molecule has 2 unspecified atom stereocenters. The maximum atomic E-state index is 13.8. The molecule has 0 aromatic heterocycles. The fraction of sp³-hybridized carbons (Fsp3) is 0.450. The van der Waals surface area contributed by atoms with E-state index in [-0.39, 0.29) is 10.8 Å². The summed E-state index contributed by atoms with van der Waals surface area (Å²) in [5, 5.41) is 0. The highest BCUT2D eigenvalue weighted by atomic mass is 32.2. The lowest BCUT2D eigenvalue weighted by atomic mass is 9.87. The topological polar surface area (TPSA) is 138 Å². The maximum absolute atomic E-state index is 13.8. The molecule has 1 fully saturated rings. The van der Waals surface area contributed by atoms with Gasteiger partial charge in [0, 0.05) is 26.4 Å². The Balaban J connectivity index is 2.11. The molecule has 1 saturated heterocycles. The Morgan fingerprint density at radius 3 is 2.35 bits per heavy atom. The van der Waals surface area contributed by atoms with E-state index < -0.39 is 32.6 Å². The number of amides is 2. The van der Waals surface area contributed by atoms with Gasteiger partial charge in [-0.2, -0.15) is 0 Å². The number of primary amides is 1. The number of methoxy groups -OCH3 is 2. The van der Waals surface area contributed by atoms with Gasteiger partial charge in [-0.3, -0.25) is 14.6 Å². The molecule has 168 valence electrons. The van der Waals surface area contributed by atoms with E-state index in [1.54, 1.807) is 0 Å². The third kappa shape index (κ3) is 3.73. The summed E-state index contributed by atoms with van der Waals surface area (Å²) in [7, 11) is -2.06. The van der Waals surface area contributed by atoms with E-state index in [0.717, 1.165) is 7.11 Å². The van der Waals surface area contributed by atoms with Gasteiger partial charge in [0.25, 0.3) is 10.8 Å². The van der Waals surface area contributed by atoms with Crippen LogP contribution < -0.4 is 10.5 Å². The molecule has 2 aliphatic rings. The molecule has 2 aliphatic heterocycles. The Kier molecular flexibility index (Phi) is 6.48. The van der Waals surface area contributed by atoms with Crippen LogP contribution in [-0.2, 0) is 28.9 Å². The Labute approximate surface area is 180 Å². The zero-order valence-electron chi connectivity index (χ0n) is 17.3. The molecule has 0 aliphatic carbocycles. The summed E-state index contributed by atoms with van der Waals surface area (Å²) in [6.45, 7) is 1.44. The number of aliphatic imine (C=N–C) groups is 1. The molecule has 11 heteroatoms. The second kappa shape index (κ2) is 8.77. The Hall–Kier alpha value is -2.76. The largest absolute Gasteiger partial charge is 0.497 e. The predicted molar refractivity (Wildman–Crippen MR) is 111 cm³/mol. The van der Waals surface area contributed by atoms with E-state index in [9.17, 15) is 18.0 Å². The standard InChI is InChI=1S/C20H25N3O7S/c1-28-15-4-6-16(7-5-15)31(26,27)20(29-2,18(21)25)19(8-3-9-22-19)14-17(24)23-10-12-30-13-11-23/h3-9H,10-14H2,1-2H3,(H2,21,25). The van der Waals surface area contributed by atoms with Crippen molar-refractivity contribution >= 4 is 27.9 Å². The van der Waals surface area contributed by atoms with E-state index in [2.05, 4.69) is 4.99 Å². The van der Waals surface area contributed by atoms with Gasteiger partial charge in [0.15, 0.2) is 0 Å². The van der Waals surface area contributed by atoms with Crippen LogP contribution in [0.4, 0.5) is 0 Å². The molecular formula is C20H25N3O7S. The quantitative estimate of drug-likeness (QED) is 0.584. The van der Waals surface area contributed by atoms with Gasteiger partial charge in [-0.05, 0) is 30.3 Å². The number of hydrogen-bond donors (Lipinski definition) is 1. The number of sulfone groups is 1. The minimum Gasteiger partial charge on any atom is -0.497 e. The smallest absolute Gasteiger partial charge is 0.281 e. The van der Waals surface area contributed by atoms with Gasteiger partial charge in [0.1, 0.15) is 11.3 Å². The first-order chi connectivity index (χ1) is 14.7. The minimum absolute atomic E-state index is 0.220. The van der Waals surface area contributed by atoms with Crippen LogP contribution in [0.25, 0.3) is 0 Å². The van der Waals surface area contributed by atoms with Crippen molar-refractivity contribution in [3.63, 3.8) is 0 Å². The van der Waals surface area contributed by atoms with E-state index in [4.69, 9.17) is 19.9 Å². The molecule has 10 nitrogen and oxygen atoms in total. The highest BCUT2D eigenvalue weighted by Gasteiger charge is 2.66. The first kappa shape index (κ1) is 22.9. The number of carbonyl (C=O) groups excluding carboxylic acids is 2. The molecule has 0 radical (unpaired) electrons. The van der Waals surface area contributed by atoms with Gasteiger partial charge in [0.05, 0.1) is 31.6 Å². The van der Waals surface area contributed by atoms with Crippen molar-refractivity contribution in [2.24, 2.45) is 10.7 Å². The zero-order valence-corrected chi connectivity index (χ0v) is 18.1. The van der Waals surface area contributed by atoms with Gasteiger partial charge >= 0.3 is 0 Å². The second-order valence-electron chi connectivity index (χ2n) is 7.10. The lowest BCUT2D eigenvalue weighted by Gasteiger charge is -2.41. The Morgan fingerprint density at radius 1 is 1.23 bits per heavy atom. The van der Waals surface area contributed by atoms with Crippen LogP contribution in [0.15, 0.2) is 46.3 Å². The summed E-state index contributed by atoms with van der Waals surface area (Å²) in [5.74, 6) is -1.24. The summed E-state index contributed by atoms with van der Waals surface area (Å²) >= 11 is 0. The Bertz CT molecular complexity index is 986.